The maximum Gasteiger partial charge on any atom is 0.249 e. The first-order chi connectivity index (χ1) is 10.7. The monoisotopic (exact) mass is 305 g/mol. The molecule has 22 heavy (non-hydrogen) atoms. The molecule has 4 nitrogen and oxygen atoms in total. The molecule has 0 aliphatic heterocycles. The topological polar surface area (TPSA) is 58.6 Å². The van der Waals surface area contributed by atoms with Crippen LogP contribution < -0.4 is 5.32 Å². The Morgan fingerprint density at radius 2 is 2.00 bits per heavy atom. The molecule has 1 aromatic rings. The van der Waals surface area contributed by atoms with Gasteiger partial charge in [-0.25, -0.2) is 0 Å². The fraction of sp³-hybridized carbons (Fsp3) is 0.611. The van der Waals surface area contributed by atoms with Crippen molar-refractivity contribution in [3.05, 3.63) is 35.9 Å². The Morgan fingerprint density at radius 1 is 1.32 bits per heavy atom. The second-order valence-electron chi connectivity index (χ2n) is 6.03. The number of hydrogen-bond acceptors (Lipinski definition) is 3. The Balaban J connectivity index is 1.72. The Labute approximate surface area is 132 Å². The normalized spacial score (nSPS) is 18.1. The molecule has 0 radical (unpaired) electrons. The number of benzene rings is 1. The van der Waals surface area contributed by atoms with Crippen molar-refractivity contribution >= 4 is 5.91 Å². The molecular formula is C18H27NO3. The van der Waals surface area contributed by atoms with Gasteiger partial charge in [0.1, 0.15) is 6.10 Å². The molecule has 4 heteroatoms. The minimum Gasteiger partial charge on any atom is -0.391 e. The molecule has 0 bridgehead atoms. The van der Waals surface area contributed by atoms with E-state index >= 15 is 0 Å². The average molecular weight is 305 g/mol. The maximum absolute atomic E-state index is 12.2. The highest BCUT2D eigenvalue weighted by atomic mass is 16.5. The molecule has 2 N–H and O–H groups in total. The molecule has 1 aliphatic rings. The van der Waals surface area contributed by atoms with E-state index in [-0.39, 0.29) is 18.6 Å². The van der Waals surface area contributed by atoms with E-state index in [1.165, 1.54) is 12.8 Å². The Kier molecular flexibility index (Phi) is 6.87. The lowest BCUT2D eigenvalue weighted by Gasteiger charge is -2.21. The molecule has 0 unspecified atom stereocenters. The van der Waals surface area contributed by atoms with Crippen LogP contribution in [0.1, 0.15) is 44.6 Å². The predicted molar refractivity (Wildman–Crippen MR) is 86.6 cm³/mol. The fourth-order valence-corrected chi connectivity index (χ4v) is 2.89. The summed E-state index contributed by atoms with van der Waals surface area (Å²) in [4.78, 5) is 12.2. The van der Waals surface area contributed by atoms with E-state index in [0.717, 1.165) is 18.4 Å². The first kappa shape index (κ1) is 17.0. The van der Waals surface area contributed by atoms with Gasteiger partial charge in [0, 0.05) is 13.0 Å². The van der Waals surface area contributed by atoms with Crippen molar-refractivity contribution in [1.82, 2.24) is 5.32 Å². The minimum atomic E-state index is -0.574. The highest BCUT2D eigenvalue weighted by Crippen LogP contribution is 2.22. The number of ether oxygens (including phenoxy) is 1. The SMILES string of the molecule is CC[C@H](OC1CCCC1)C(=O)NC[C@H](O)Cc1ccccc1. The van der Waals surface area contributed by atoms with Gasteiger partial charge in [0.25, 0.3) is 0 Å². The van der Waals surface area contributed by atoms with E-state index in [0.29, 0.717) is 12.8 Å². The number of aliphatic hydroxyl groups is 1. The number of carbonyl (C=O) groups is 1. The van der Waals surface area contributed by atoms with Crippen LogP contribution in [0, 0.1) is 0 Å². The Morgan fingerprint density at radius 3 is 2.64 bits per heavy atom. The maximum atomic E-state index is 12.2. The van der Waals surface area contributed by atoms with Crippen LogP contribution in [-0.4, -0.2) is 35.9 Å². The molecule has 1 aliphatic carbocycles. The standard InChI is InChI=1S/C18H27NO3/c1-2-17(22-16-10-6-7-11-16)18(21)19-13-15(20)12-14-8-4-3-5-9-14/h3-5,8-9,15-17,20H,2,6-7,10-13H2,1H3,(H,19,21)/t15-,17+/m1/s1. The van der Waals surface area contributed by atoms with Crippen LogP contribution in [0.2, 0.25) is 0 Å². The van der Waals surface area contributed by atoms with E-state index in [4.69, 9.17) is 4.74 Å². The predicted octanol–water partition coefficient (Wildman–Crippen LogP) is 2.44. The quantitative estimate of drug-likeness (QED) is 0.775. The molecule has 122 valence electrons. The summed E-state index contributed by atoms with van der Waals surface area (Å²) in [6.07, 6.45) is 4.96. The van der Waals surface area contributed by atoms with E-state index in [9.17, 15) is 9.90 Å². The van der Waals surface area contributed by atoms with E-state index < -0.39 is 12.2 Å². The molecule has 0 saturated heterocycles. The molecule has 1 amide bonds. The second kappa shape index (κ2) is 8.91. The summed E-state index contributed by atoms with van der Waals surface area (Å²) in [5.41, 5.74) is 1.07. The van der Waals surface area contributed by atoms with Gasteiger partial charge < -0.3 is 15.2 Å². The zero-order valence-electron chi connectivity index (χ0n) is 13.3. The van der Waals surface area contributed by atoms with Crippen molar-refractivity contribution in [2.45, 2.75) is 63.8 Å². The first-order valence-corrected chi connectivity index (χ1v) is 8.34. The molecule has 1 saturated carbocycles. The Hall–Kier alpha value is -1.39. The lowest BCUT2D eigenvalue weighted by atomic mass is 10.1. The van der Waals surface area contributed by atoms with Gasteiger partial charge in [-0.05, 0) is 24.8 Å². The number of aliphatic hydroxyl groups excluding tert-OH is 1. The molecule has 1 fully saturated rings. The van der Waals surface area contributed by atoms with Gasteiger partial charge >= 0.3 is 0 Å². The summed E-state index contributed by atoms with van der Waals surface area (Å²) in [7, 11) is 0. The molecular weight excluding hydrogens is 278 g/mol. The third kappa shape index (κ3) is 5.43. The van der Waals surface area contributed by atoms with E-state index in [1.807, 2.05) is 37.3 Å². The molecule has 1 aromatic carbocycles. The lowest BCUT2D eigenvalue weighted by molar-refractivity contribution is -0.137. The van der Waals surface area contributed by atoms with Crippen LogP contribution in [-0.2, 0) is 16.0 Å². The van der Waals surface area contributed by atoms with Crippen LogP contribution in [0.15, 0.2) is 30.3 Å². The van der Waals surface area contributed by atoms with Gasteiger partial charge in [-0.2, -0.15) is 0 Å². The third-order valence-electron chi connectivity index (χ3n) is 4.15. The van der Waals surface area contributed by atoms with Crippen LogP contribution in [0.4, 0.5) is 0 Å². The van der Waals surface area contributed by atoms with Crippen molar-refractivity contribution in [3.63, 3.8) is 0 Å². The van der Waals surface area contributed by atoms with Gasteiger partial charge in [0.05, 0.1) is 12.2 Å². The van der Waals surface area contributed by atoms with Crippen LogP contribution >= 0.6 is 0 Å². The summed E-state index contributed by atoms with van der Waals surface area (Å²) in [5, 5.41) is 12.8. The number of amides is 1. The molecule has 0 heterocycles. The zero-order valence-corrected chi connectivity index (χ0v) is 13.3. The zero-order chi connectivity index (χ0) is 15.8. The van der Waals surface area contributed by atoms with Gasteiger partial charge in [0.2, 0.25) is 5.91 Å². The van der Waals surface area contributed by atoms with Gasteiger partial charge in [-0.1, -0.05) is 50.1 Å². The molecule has 2 rings (SSSR count). The third-order valence-corrected chi connectivity index (χ3v) is 4.15. The molecule has 2 atom stereocenters. The van der Waals surface area contributed by atoms with Crippen molar-refractivity contribution in [2.24, 2.45) is 0 Å². The number of rotatable bonds is 8. The van der Waals surface area contributed by atoms with Crippen LogP contribution in [0.25, 0.3) is 0 Å². The highest BCUT2D eigenvalue weighted by molar-refractivity contribution is 5.80. The van der Waals surface area contributed by atoms with Crippen LogP contribution in [0.5, 0.6) is 0 Å². The van der Waals surface area contributed by atoms with E-state index in [1.54, 1.807) is 0 Å². The van der Waals surface area contributed by atoms with Crippen LogP contribution in [0.3, 0.4) is 0 Å². The smallest absolute Gasteiger partial charge is 0.249 e. The molecule has 0 spiro atoms. The summed E-state index contributed by atoms with van der Waals surface area (Å²) < 4.78 is 5.88. The number of hydrogen-bond donors (Lipinski definition) is 2. The van der Waals surface area contributed by atoms with Gasteiger partial charge in [0.15, 0.2) is 0 Å². The summed E-state index contributed by atoms with van der Waals surface area (Å²) in [5.74, 6) is -0.110. The summed E-state index contributed by atoms with van der Waals surface area (Å²) >= 11 is 0. The van der Waals surface area contributed by atoms with Gasteiger partial charge in [-0.3, -0.25) is 4.79 Å². The Bertz CT molecular complexity index is 443. The second-order valence-corrected chi connectivity index (χ2v) is 6.03. The average Bonchev–Trinajstić information content (AvgIpc) is 3.04. The van der Waals surface area contributed by atoms with Crippen molar-refractivity contribution in [1.29, 1.82) is 0 Å². The summed E-state index contributed by atoms with van der Waals surface area (Å²) in [6, 6.07) is 9.79. The largest absolute Gasteiger partial charge is 0.391 e. The van der Waals surface area contributed by atoms with Gasteiger partial charge in [-0.15, -0.1) is 0 Å². The minimum absolute atomic E-state index is 0.110. The van der Waals surface area contributed by atoms with Crippen molar-refractivity contribution < 1.29 is 14.6 Å². The van der Waals surface area contributed by atoms with Crippen molar-refractivity contribution in [3.8, 4) is 0 Å². The highest BCUT2D eigenvalue weighted by Gasteiger charge is 2.24. The summed E-state index contributed by atoms with van der Waals surface area (Å²) in [6.45, 7) is 2.22. The fourth-order valence-electron chi connectivity index (χ4n) is 2.89. The number of nitrogens with one attached hydrogen (secondary N) is 1. The number of carbonyl (C=O) groups excluding carboxylic acids is 1. The lowest BCUT2D eigenvalue weighted by Crippen LogP contribution is -2.41. The van der Waals surface area contributed by atoms with E-state index in [2.05, 4.69) is 5.32 Å². The molecule has 0 aromatic heterocycles. The first-order valence-electron chi connectivity index (χ1n) is 8.34. The van der Waals surface area contributed by atoms with Crippen molar-refractivity contribution in [2.75, 3.05) is 6.54 Å².